The Hall–Kier alpha value is -2.43. The van der Waals surface area contributed by atoms with Crippen molar-refractivity contribution in [2.24, 2.45) is 0 Å². The van der Waals surface area contributed by atoms with Gasteiger partial charge in [0.25, 0.3) is 0 Å². The highest BCUT2D eigenvalue weighted by molar-refractivity contribution is 5.75. The minimum atomic E-state index is 0.470. The van der Waals surface area contributed by atoms with Gasteiger partial charge in [0.2, 0.25) is 0 Å². The van der Waals surface area contributed by atoms with Gasteiger partial charge in [-0.1, -0.05) is 12.1 Å². The number of hydrogen-bond donors (Lipinski definition) is 0. The zero-order valence-electron chi connectivity index (χ0n) is 11.3. The fourth-order valence-corrected chi connectivity index (χ4v) is 2.71. The second-order valence-electron chi connectivity index (χ2n) is 5.16. The largest absolute Gasteiger partial charge is 0.352 e. The summed E-state index contributed by atoms with van der Waals surface area (Å²) in [7, 11) is 0. The van der Waals surface area contributed by atoms with Gasteiger partial charge in [-0.25, -0.2) is 15.0 Å². The molecule has 0 bridgehead atoms. The molecule has 0 unspecified atom stereocenters. The third-order valence-corrected chi connectivity index (χ3v) is 3.82. The van der Waals surface area contributed by atoms with E-state index in [-0.39, 0.29) is 0 Å². The predicted octanol–water partition coefficient (Wildman–Crippen LogP) is 2.20. The highest BCUT2D eigenvalue weighted by Gasteiger charge is 2.30. The number of benzene rings is 1. The second kappa shape index (κ2) is 4.30. The Morgan fingerprint density at radius 2 is 1.95 bits per heavy atom. The van der Waals surface area contributed by atoms with Gasteiger partial charge in [0.05, 0.1) is 23.4 Å². The topological polar surface area (TPSA) is 46.8 Å². The molecule has 1 aliphatic rings. The zero-order valence-corrected chi connectivity index (χ0v) is 11.3. The second-order valence-corrected chi connectivity index (χ2v) is 5.16. The molecular formula is C15H15N5. The summed E-state index contributed by atoms with van der Waals surface area (Å²) >= 11 is 0. The first-order valence-electron chi connectivity index (χ1n) is 6.77. The lowest BCUT2D eigenvalue weighted by Crippen LogP contribution is -2.48. The molecule has 2 aromatic heterocycles. The van der Waals surface area contributed by atoms with Crippen LogP contribution in [0.1, 0.15) is 11.9 Å². The molecule has 1 aromatic carbocycles. The molecule has 0 atom stereocenters. The van der Waals surface area contributed by atoms with Crippen molar-refractivity contribution in [2.45, 2.75) is 13.0 Å². The van der Waals surface area contributed by atoms with Crippen molar-refractivity contribution in [3.63, 3.8) is 0 Å². The number of aryl methyl sites for hydroxylation is 1. The fourth-order valence-electron chi connectivity index (χ4n) is 2.71. The van der Waals surface area contributed by atoms with Crippen LogP contribution in [0.3, 0.4) is 0 Å². The number of aromatic nitrogens is 4. The molecule has 4 rings (SSSR count). The van der Waals surface area contributed by atoms with Crippen LogP contribution in [0.2, 0.25) is 0 Å². The van der Waals surface area contributed by atoms with Crippen molar-refractivity contribution in [3.05, 3.63) is 48.7 Å². The fraction of sp³-hybridized carbons (Fsp3) is 0.267. The lowest BCUT2D eigenvalue weighted by Gasteiger charge is -2.40. The van der Waals surface area contributed by atoms with E-state index in [1.54, 1.807) is 0 Å². The number of fused-ring (bicyclic) bond motifs is 1. The van der Waals surface area contributed by atoms with Crippen molar-refractivity contribution in [1.82, 2.24) is 19.5 Å². The number of hydrogen-bond acceptors (Lipinski definition) is 4. The van der Waals surface area contributed by atoms with Crippen LogP contribution in [-0.2, 0) is 0 Å². The highest BCUT2D eigenvalue weighted by atomic mass is 15.3. The molecule has 5 nitrogen and oxygen atoms in total. The third kappa shape index (κ3) is 1.74. The highest BCUT2D eigenvalue weighted by Crippen LogP contribution is 2.28. The molecule has 1 aliphatic heterocycles. The molecule has 5 heteroatoms. The summed E-state index contributed by atoms with van der Waals surface area (Å²) in [5.41, 5.74) is 2.26. The Balaban J connectivity index is 1.56. The van der Waals surface area contributed by atoms with E-state index < -0.39 is 0 Å². The van der Waals surface area contributed by atoms with E-state index in [0.29, 0.717) is 6.04 Å². The maximum absolute atomic E-state index is 4.46. The SMILES string of the molecule is Cc1nccc(N2CC(n3cnc4ccccc43)C2)n1. The standard InChI is InChI=1S/C15H15N5/c1-11-16-7-6-15(18-11)19-8-12(9-19)20-10-17-13-4-2-3-5-14(13)20/h2-7,10,12H,8-9H2,1H3. The van der Waals surface area contributed by atoms with Crippen molar-refractivity contribution in [1.29, 1.82) is 0 Å². The molecule has 0 aliphatic carbocycles. The van der Waals surface area contributed by atoms with Gasteiger partial charge < -0.3 is 9.47 Å². The normalized spacial score (nSPS) is 15.6. The monoisotopic (exact) mass is 265 g/mol. The van der Waals surface area contributed by atoms with E-state index >= 15 is 0 Å². The summed E-state index contributed by atoms with van der Waals surface area (Å²) in [6.07, 6.45) is 3.76. The maximum Gasteiger partial charge on any atom is 0.132 e. The van der Waals surface area contributed by atoms with Crippen LogP contribution < -0.4 is 4.90 Å². The van der Waals surface area contributed by atoms with E-state index in [0.717, 1.165) is 30.2 Å². The van der Waals surface area contributed by atoms with Crippen molar-refractivity contribution in [2.75, 3.05) is 18.0 Å². The summed E-state index contributed by atoms with van der Waals surface area (Å²) in [6, 6.07) is 10.7. The van der Waals surface area contributed by atoms with E-state index in [1.165, 1.54) is 5.52 Å². The van der Waals surface area contributed by atoms with E-state index in [4.69, 9.17) is 0 Å². The van der Waals surface area contributed by atoms with E-state index in [1.807, 2.05) is 31.6 Å². The Kier molecular flexibility index (Phi) is 2.45. The van der Waals surface area contributed by atoms with Crippen molar-refractivity contribution < 1.29 is 0 Å². The maximum atomic E-state index is 4.46. The molecular weight excluding hydrogens is 250 g/mol. The van der Waals surface area contributed by atoms with Gasteiger partial charge in [0.1, 0.15) is 11.6 Å². The lowest BCUT2D eigenvalue weighted by atomic mass is 10.1. The number of rotatable bonds is 2. The molecule has 3 heterocycles. The molecule has 20 heavy (non-hydrogen) atoms. The summed E-state index contributed by atoms with van der Waals surface area (Å²) < 4.78 is 2.26. The zero-order chi connectivity index (χ0) is 13.5. The summed E-state index contributed by atoms with van der Waals surface area (Å²) in [6.45, 7) is 3.86. The van der Waals surface area contributed by atoms with E-state index in [2.05, 4.69) is 42.6 Å². The Bertz CT molecular complexity index is 758. The van der Waals surface area contributed by atoms with Gasteiger partial charge in [-0.05, 0) is 25.1 Å². The Morgan fingerprint density at radius 1 is 1.10 bits per heavy atom. The van der Waals surface area contributed by atoms with E-state index in [9.17, 15) is 0 Å². The van der Waals surface area contributed by atoms with Gasteiger partial charge in [0, 0.05) is 19.3 Å². The number of nitrogens with zero attached hydrogens (tertiary/aromatic N) is 5. The number of para-hydroxylation sites is 2. The van der Waals surface area contributed by atoms with Crippen LogP contribution in [0.25, 0.3) is 11.0 Å². The van der Waals surface area contributed by atoms with Crippen LogP contribution in [0.4, 0.5) is 5.82 Å². The minimum Gasteiger partial charge on any atom is -0.352 e. The van der Waals surface area contributed by atoms with Crippen molar-refractivity contribution in [3.8, 4) is 0 Å². The quantitative estimate of drug-likeness (QED) is 0.712. The lowest BCUT2D eigenvalue weighted by molar-refractivity contribution is 0.405. The van der Waals surface area contributed by atoms with Gasteiger partial charge in [-0.15, -0.1) is 0 Å². The predicted molar refractivity (Wildman–Crippen MR) is 77.8 cm³/mol. The summed E-state index contributed by atoms with van der Waals surface area (Å²) in [5.74, 6) is 1.83. The average molecular weight is 265 g/mol. The molecule has 0 spiro atoms. The van der Waals surface area contributed by atoms with Crippen LogP contribution in [-0.4, -0.2) is 32.6 Å². The van der Waals surface area contributed by atoms with Gasteiger partial charge in [0.15, 0.2) is 0 Å². The number of anilines is 1. The first-order valence-corrected chi connectivity index (χ1v) is 6.77. The molecule has 3 aromatic rings. The Morgan fingerprint density at radius 3 is 2.80 bits per heavy atom. The summed E-state index contributed by atoms with van der Waals surface area (Å²) in [4.78, 5) is 15.3. The van der Waals surface area contributed by atoms with Crippen LogP contribution >= 0.6 is 0 Å². The molecule has 0 N–H and O–H groups in total. The van der Waals surface area contributed by atoms with Gasteiger partial charge in [-0.3, -0.25) is 0 Å². The van der Waals surface area contributed by atoms with Crippen LogP contribution in [0.5, 0.6) is 0 Å². The molecule has 100 valence electrons. The minimum absolute atomic E-state index is 0.470. The van der Waals surface area contributed by atoms with Crippen LogP contribution in [0.15, 0.2) is 42.9 Å². The molecule has 0 saturated carbocycles. The first kappa shape index (κ1) is 11.4. The molecule has 1 saturated heterocycles. The first-order chi connectivity index (χ1) is 9.81. The molecule has 0 radical (unpaired) electrons. The van der Waals surface area contributed by atoms with Crippen LogP contribution in [0, 0.1) is 6.92 Å². The van der Waals surface area contributed by atoms with Crippen molar-refractivity contribution >= 4 is 16.9 Å². The molecule has 0 amide bonds. The smallest absolute Gasteiger partial charge is 0.132 e. The summed E-state index contributed by atoms with van der Waals surface area (Å²) in [5, 5.41) is 0. The number of imidazole rings is 1. The van der Waals surface area contributed by atoms with Gasteiger partial charge in [-0.2, -0.15) is 0 Å². The Labute approximate surface area is 116 Å². The third-order valence-electron chi connectivity index (χ3n) is 3.82. The van der Waals surface area contributed by atoms with Gasteiger partial charge >= 0.3 is 0 Å². The molecule has 1 fully saturated rings. The average Bonchev–Trinajstić information content (AvgIpc) is 2.82.